The molecule has 1 aliphatic carbocycles. The molecule has 0 aliphatic heterocycles. The van der Waals surface area contributed by atoms with E-state index in [0.717, 1.165) is 23.3 Å². The molecule has 0 spiro atoms. The van der Waals surface area contributed by atoms with Gasteiger partial charge in [-0.05, 0) is 65.8 Å². The average molecular weight is 455 g/mol. The number of ether oxygens (including phenoxy) is 1. The first-order valence-corrected chi connectivity index (χ1v) is 10.9. The van der Waals surface area contributed by atoms with Gasteiger partial charge in [0.15, 0.2) is 0 Å². The molecule has 1 fully saturated rings. The molecule has 5 nitrogen and oxygen atoms in total. The zero-order chi connectivity index (χ0) is 22.8. The number of nitrogens with two attached hydrogens (primary N) is 1. The van der Waals surface area contributed by atoms with Gasteiger partial charge < -0.3 is 15.8 Å². The first kappa shape index (κ1) is 23.3. The van der Waals surface area contributed by atoms with E-state index < -0.39 is 23.8 Å². The van der Waals surface area contributed by atoms with E-state index >= 15 is 0 Å². The van der Waals surface area contributed by atoms with E-state index in [2.05, 4.69) is 23.9 Å². The molecule has 31 heavy (non-hydrogen) atoms. The van der Waals surface area contributed by atoms with Crippen molar-refractivity contribution in [3.8, 4) is 16.9 Å². The van der Waals surface area contributed by atoms with Gasteiger partial charge in [0.05, 0.1) is 5.56 Å². The van der Waals surface area contributed by atoms with Gasteiger partial charge in [-0.15, -0.1) is 11.3 Å². The number of amides is 1. The fraction of sp³-hybridized carbons (Fsp3) is 0.455. The number of carbonyl (C=O) groups is 2. The van der Waals surface area contributed by atoms with Crippen LogP contribution >= 0.6 is 11.3 Å². The Morgan fingerprint density at radius 1 is 1.19 bits per heavy atom. The molecule has 0 saturated heterocycles. The van der Waals surface area contributed by atoms with E-state index in [1.54, 1.807) is 6.07 Å². The highest BCUT2D eigenvalue weighted by atomic mass is 32.1. The highest BCUT2D eigenvalue weighted by molar-refractivity contribution is 7.10. The number of hydrogen-bond acceptors (Lipinski definition) is 5. The first-order chi connectivity index (χ1) is 14.4. The lowest BCUT2D eigenvalue weighted by atomic mass is 9.75. The van der Waals surface area contributed by atoms with Crippen LogP contribution < -0.4 is 15.8 Å². The lowest BCUT2D eigenvalue weighted by Gasteiger charge is -2.34. The molecule has 2 aromatic rings. The van der Waals surface area contributed by atoms with Gasteiger partial charge in [-0.25, -0.2) is 4.79 Å². The van der Waals surface area contributed by atoms with Crippen LogP contribution in [0, 0.1) is 5.41 Å². The maximum atomic E-state index is 12.6. The van der Waals surface area contributed by atoms with Gasteiger partial charge in [-0.1, -0.05) is 19.9 Å². The average Bonchev–Trinajstić information content (AvgIpc) is 3.15. The Kier molecular flexibility index (Phi) is 6.76. The van der Waals surface area contributed by atoms with Crippen LogP contribution in [-0.2, 0) is 11.3 Å². The summed E-state index contributed by atoms with van der Waals surface area (Å²) in [7, 11) is 0. The zero-order valence-corrected chi connectivity index (χ0v) is 18.2. The van der Waals surface area contributed by atoms with Crippen LogP contribution in [0.1, 0.15) is 54.8 Å². The van der Waals surface area contributed by atoms with Gasteiger partial charge in [0, 0.05) is 17.5 Å². The molecule has 9 heteroatoms. The smallest absolute Gasteiger partial charge is 0.419 e. The topological polar surface area (TPSA) is 81.4 Å². The predicted octanol–water partition coefficient (Wildman–Crippen LogP) is 5.04. The number of rotatable bonds is 6. The summed E-state index contributed by atoms with van der Waals surface area (Å²) in [5, 5.41) is 5.44. The van der Waals surface area contributed by atoms with Crippen LogP contribution in [0.25, 0.3) is 11.1 Å². The van der Waals surface area contributed by atoms with Crippen molar-refractivity contribution in [1.29, 1.82) is 0 Å². The van der Waals surface area contributed by atoms with Crippen LogP contribution in [-0.4, -0.2) is 24.1 Å². The molecule has 168 valence electrons. The summed E-state index contributed by atoms with van der Waals surface area (Å²) in [5.74, 6) is -3.90. The molecular formula is C22H25F3N2O3S. The summed E-state index contributed by atoms with van der Waals surface area (Å²) in [4.78, 5) is 23.8. The number of benzene rings is 1. The van der Waals surface area contributed by atoms with Gasteiger partial charge in [-0.2, -0.15) is 13.2 Å². The lowest BCUT2D eigenvalue weighted by Crippen LogP contribution is -2.34. The Morgan fingerprint density at radius 2 is 1.87 bits per heavy atom. The summed E-state index contributed by atoms with van der Waals surface area (Å²) in [6.45, 7) is 5.28. The van der Waals surface area contributed by atoms with E-state index in [0.29, 0.717) is 23.6 Å². The molecule has 3 rings (SSSR count). The SMILES string of the molecule is CC1(C)CCC(NCc2cc(-c3ccc(C(N)=O)c(OC(=O)C(F)(F)F)c3)cs2)CC1. The van der Waals surface area contributed by atoms with E-state index in [-0.39, 0.29) is 5.56 Å². The van der Waals surface area contributed by atoms with Crippen LogP contribution in [0.15, 0.2) is 29.6 Å². The van der Waals surface area contributed by atoms with Crippen molar-refractivity contribution in [2.75, 3.05) is 0 Å². The first-order valence-electron chi connectivity index (χ1n) is 9.99. The molecule has 0 unspecified atom stereocenters. The Morgan fingerprint density at radius 3 is 2.48 bits per heavy atom. The molecule has 1 saturated carbocycles. The Balaban J connectivity index is 1.71. The number of esters is 1. The van der Waals surface area contributed by atoms with Gasteiger partial charge in [-0.3, -0.25) is 4.79 Å². The molecule has 1 amide bonds. The maximum absolute atomic E-state index is 12.6. The summed E-state index contributed by atoms with van der Waals surface area (Å²) >= 11 is 1.53. The Labute approximate surface area is 182 Å². The van der Waals surface area contributed by atoms with Crippen LogP contribution in [0.4, 0.5) is 13.2 Å². The van der Waals surface area contributed by atoms with Gasteiger partial charge in [0.1, 0.15) is 5.75 Å². The number of halogens is 3. The van der Waals surface area contributed by atoms with E-state index in [1.807, 2.05) is 11.4 Å². The van der Waals surface area contributed by atoms with Gasteiger partial charge >= 0.3 is 12.1 Å². The quantitative estimate of drug-likeness (QED) is 0.473. The fourth-order valence-corrected chi connectivity index (χ4v) is 4.46. The zero-order valence-electron chi connectivity index (χ0n) is 17.3. The minimum Gasteiger partial charge on any atom is -0.419 e. The monoisotopic (exact) mass is 454 g/mol. The second-order valence-corrected chi connectivity index (χ2v) is 9.58. The number of primary amides is 1. The molecule has 0 atom stereocenters. The van der Waals surface area contributed by atoms with Crippen molar-refractivity contribution >= 4 is 23.2 Å². The fourth-order valence-electron chi connectivity index (χ4n) is 3.62. The van der Waals surface area contributed by atoms with Crippen molar-refractivity contribution < 1.29 is 27.5 Å². The molecule has 1 heterocycles. The summed E-state index contributed by atoms with van der Waals surface area (Å²) in [6, 6.07) is 6.45. The van der Waals surface area contributed by atoms with E-state index in [4.69, 9.17) is 5.73 Å². The van der Waals surface area contributed by atoms with Crippen LogP contribution in [0.2, 0.25) is 0 Å². The molecule has 1 aromatic heterocycles. The largest absolute Gasteiger partial charge is 0.491 e. The molecule has 0 bridgehead atoms. The molecule has 0 radical (unpaired) electrons. The minimum atomic E-state index is -5.18. The number of carbonyl (C=O) groups excluding carboxylic acids is 2. The van der Waals surface area contributed by atoms with Crippen molar-refractivity contribution in [1.82, 2.24) is 5.32 Å². The Bertz CT molecular complexity index is 959. The van der Waals surface area contributed by atoms with Crippen LogP contribution in [0.5, 0.6) is 5.75 Å². The number of thiophene rings is 1. The summed E-state index contributed by atoms with van der Waals surface area (Å²) < 4.78 is 42.1. The van der Waals surface area contributed by atoms with Crippen molar-refractivity contribution in [2.45, 2.75) is 58.3 Å². The van der Waals surface area contributed by atoms with Crippen LogP contribution in [0.3, 0.4) is 0 Å². The van der Waals surface area contributed by atoms with E-state index in [1.165, 1.54) is 36.3 Å². The minimum absolute atomic E-state index is 0.293. The standard InChI is InChI=1S/C22H25F3N2O3S/c1-21(2)7-5-15(6-8-21)27-11-16-9-14(12-31-16)13-3-4-17(19(26)28)18(10-13)30-20(29)22(23,24)25/h3-4,9-10,12,15,27H,5-8,11H2,1-2H3,(H2,26,28). The second kappa shape index (κ2) is 9.00. The normalized spacial score (nSPS) is 16.8. The maximum Gasteiger partial charge on any atom is 0.491 e. The van der Waals surface area contributed by atoms with Crippen molar-refractivity contribution in [3.63, 3.8) is 0 Å². The molecular weight excluding hydrogens is 429 g/mol. The third-order valence-corrected chi connectivity index (χ3v) is 6.51. The lowest BCUT2D eigenvalue weighted by molar-refractivity contribution is -0.189. The number of nitrogens with one attached hydrogen (secondary N) is 1. The summed E-state index contributed by atoms with van der Waals surface area (Å²) in [5.41, 5.74) is 6.59. The molecule has 1 aliphatic rings. The molecule has 3 N–H and O–H groups in total. The van der Waals surface area contributed by atoms with Gasteiger partial charge in [0.25, 0.3) is 5.91 Å². The summed E-state index contributed by atoms with van der Waals surface area (Å²) in [6.07, 6.45) is -0.542. The second-order valence-electron chi connectivity index (χ2n) is 8.58. The molecule has 1 aromatic carbocycles. The highest BCUT2D eigenvalue weighted by Crippen LogP contribution is 2.35. The predicted molar refractivity (Wildman–Crippen MR) is 113 cm³/mol. The van der Waals surface area contributed by atoms with Gasteiger partial charge in [0.2, 0.25) is 0 Å². The Hall–Kier alpha value is -2.39. The third kappa shape index (κ3) is 6.07. The third-order valence-electron chi connectivity index (χ3n) is 5.57. The van der Waals surface area contributed by atoms with E-state index in [9.17, 15) is 22.8 Å². The van der Waals surface area contributed by atoms with Crippen molar-refractivity contribution in [3.05, 3.63) is 40.1 Å². The number of hydrogen-bond donors (Lipinski definition) is 2. The highest BCUT2D eigenvalue weighted by Gasteiger charge is 2.42. The van der Waals surface area contributed by atoms with Crippen molar-refractivity contribution in [2.24, 2.45) is 11.1 Å². The number of alkyl halides is 3.